The third-order valence-corrected chi connectivity index (χ3v) is 7.83. The third-order valence-electron chi connectivity index (χ3n) is 6.18. The maximum atomic E-state index is 13.9. The van der Waals surface area contributed by atoms with Crippen molar-refractivity contribution in [1.29, 1.82) is 0 Å². The van der Waals surface area contributed by atoms with Crippen molar-refractivity contribution in [3.05, 3.63) is 52.9 Å². The quantitative estimate of drug-likeness (QED) is 0.130. The number of nitrogen functional groups attached to an aromatic ring is 1. The van der Waals surface area contributed by atoms with Crippen molar-refractivity contribution in [3.8, 4) is 17.6 Å². The Morgan fingerprint density at radius 1 is 1.32 bits per heavy atom. The summed E-state index contributed by atoms with van der Waals surface area (Å²) in [5, 5.41) is 14.1. The molecular formula is C26H33N6O8P. The van der Waals surface area contributed by atoms with Gasteiger partial charge in [-0.25, -0.2) is 4.57 Å². The van der Waals surface area contributed by atoms with Gasteiger partial charge < -0.3 is 35.1 Å². The first-order chi connectivity index (χ1) is 19.4. The SMILES string of the molecule is CC#C[C@@]1(N)C(O)[C@@H](COP(=O)(NC(C)C(=O)OC(C)C)Oc2ccccc2)O[C@H]1n1ccc2c(=O)[nH]c(N)nc21. The molecular weight excluding hydrogens is 555 g/mol. The Balaban J connectivity index is 1.62. The van der Waals surface area contributed by atoms with Crippen molar-refractivity contribution in [3.63, 3.8) is 0 Å². The van der Waals surface area contributed by atoms with Gasteiger partial charge in [0.15, 0.2) is 17.4 Å². The maximum absolute atomic E-state index is 13.9. The second kappa shape index (κ2) is 12.0. The second-order valence-corrected chi connectivity index (χ2v) is 11.4. The topological polar surface area (TPSA) is 206 Å². The Kier molecular flexibility index (Phi) is 8.89. The number of aromatic amines is 1. The van der Waals surface area contributed by atoms with E-state index in [9.17, 15) is 19.3 Å². The predicted octanol–water partition coefficient (Wildman–Crippen LogP) is 1.42. The first-order valence-corrected chi connectivity index (χ1v) is 14.3. The Bertz CT molecular complexity index is 1560. The summed E-state index contributed by atoms with van der Waals surface area (Å²) >= 11 is 0. The highest BCUT2D eigenvalue weighted by Gasteiger charge is 2.55. The molecule has 14 nitrogen and oxygen atoms in total. The highest BCUT2D eigenvalue weighted by molar-refractivity contribution is 7.52. The number of carbonyl (C=O) groups is 1. The van der Waals surface area contributed by atoms with Crippen LogP contribution in [0.15, 0.2) is 47.4 Å². The molecule has 0 spiro atoms. The van der Waals surface area contributed by atoms with E-state index in [1.807, 2.05) is 0 Å². The van der Waals surface area contributed by atoms with E-state index in [0.717, 1.165) is 0 Å². The number of fused-ring (bicyclic) bond motifs is 1. The minimum atomic E-state index is -4.26. The number of aliphatic hydroxyl groups is 1. The fraction of sp³-hybridized carbons (Fsp3) is 0.423. The standard InChI is InChI=1S/C26H33N6O8P/c1-5-12-26(28)20(33)19(39-24(26)32-13-11-18-21(32)29-25(27)30-22(18)34)14-37-41(36,40-17-9-7-6-8-10-17)31-16(4)23(35)38-15(2)3/h6-11,13,15-16,19-20,24,33H,14,28H2,1-4H3,(H,31,36)(H3,27,29,30,34)/t16?,19-,20?,24-,26-,41?/m1/s1. The van der Waals surface area contributed by atoms with Gasteiger partial charge in [-0.05, 0) is 45.9 Å². The lowest BCUT2D eigenvalue weighted by Gasteiger charge is -2.28. The molecule has 41 heavy (non-hydrogen) atoms. The number of aliphatic hydroxyl groups excluding tert-OH is 1. The van der Waals surface area contributed by atoms with Crippen LogP contribution >= 0.6 is 7.75 Å². The molecule has 7 N–H and O–H groups in total. The smallest absolute Gasteiger partial charge is 0.459 e. The number of hydrogen-bond acceptors (Lipinski definition) is 11. The average molecular weight is 589 g/mol. The van der Waals surface area contributed by atoms with E-state index < -0.39 is 62.0 Å². The van der Waals surface area contributed by atoms with Gasteiger partial charge in [-0.2, -0.15) is 10.1 Å². The normalized spacial score (nSPS) is 24.4. The number of hydrogen-bond donors (Lipinski definition) is 5. The zero-order valence-electron chi connectivity index (χ0n) is 22.9. The van der Waals surface area contributed by atoms with Crippen molar-refractivity contribution in [2.24, 2.45) is 5.73 Å². The summed E-state index contributed by atoms with van der Waals surface area (Å²) in [6, 6.07) is 8.64. The molecule has 1 aromatic carbocycles. The van der Waals surface area contributed by atoms with Gasteiger partial charge in [0, 0.05) is 6.20 Å². The summed E-state index contributed by atoms with van der Waals surface area (Å²) in [6.07, 6.45) is -2.66. The maximum Gasteiger partial charge on any atom is 0.459 e. The number of carbonyl (C=O) groups excluding carboxylic acids is 1. The molecule has 220 valence electrons. The predicted molar refractivity (Wildman–Crippen MR) is 150 cm³/mol. The van der Waals surface area contributed by atoms with E-state index in [2.05, 4.69) is 26.9 Å². The average Bonchev–Trinajstić information content (AvgIpc) is 3.42. The number of H-pyrrole nitrogens is 1. The van der Waals surface area contributed by atoms with Gasteiger partial charge in [0.25, 0.3) is 5.56 Å². The van der Waals surface area contributed by atoms with E-state index in [1.54, 1.807) is 51.1 Å². The number of nitrogens with zero attached hydrogens (tertiary/aromatic N) is 2. The highest BCUT2D eigenvalue weighted by Crippen LogP contribution is 2.47. The Morgan fingerprint density at radius 3 is 2.68 bits per heavy atom. The number of esters is 1. The van der Waals surface area contributed by atoms with E-state index in [0.29, 0.717) is 0 Å². The van der Waals surface area contributed by atoms with E-state index in [1.165, 1.54) is 23.8 Å². The monoisotopic (exact) mass is 588 g/mol. The molecule has 0 saturated carbocycles. The molecule has 3 aromatic rings. The fourth-order valence-electron chi connectivity index (χ4n) is 4.34. The molecule has 1 fully saturated rings. The van der Waals surface area contributed by atoms with Crippen molar-refractivity contribution in [1.82, 2.24) is 19.6 Å². The number of para-hydroxylation sites is 1. The third kappa shape index (κ3) is 6.46. The van der Waals surface area contributed by atoms with Crippen LogP contribution < -0.4 is 26.6 Å². The molecule has 4 rings (SSSR count). The summed E-state index contributed by atoms with van der Waals surface area (Å²) in [6.45, 7) is 5.87. The molecule has 2 aromatic heterocycles. The largest absolute Gasteiger partial charge is 0.462 e. The minimum absolute atomic E-state index is 0.125. The summed E-state index contributed by atoms with van der Waals surface area (Å²) < 4.78 is 38.0. The van der Waals surface area contributed by atoms with E-state index in [-0.39, 0.29) is 22.7 Å². The van der Waals surface area contributed by atoms with Gasteiger partial charge in [-0.3, -0.25) is 19.1 Å². The first-order valence-electron chi connectivity index (χ1n) is 12.8. The molecule has 6 atom stereocenters. The number of nitrogens with one attached hydrogen (secondary N) is 2. The Labute approximate surface area is 235 Å². The van der Waals surface area contributed by atoms with Crippen molar-refractivity contribution >= 4 is 30.7 Å². The molecule has 0 radical (unpaired) electrons. The van der Waals surface area contributed by atoms with E-state index in [4.69, 9.17) is 30.0 Å². The molecule has 15 heteroatoms. The summed E-state index contributed by atoms with van der Waals surface area (Å²) in [5.74, 6) is 4.90. The summed E-state index contributed by atoms with van der Waals surface area (Å²) in [4.78, 5) is 31.4. The lowest BCUT2D eigenvalue weighted by atomic mass is 9.91. The molecule has 0 aliphatic carbocycles. The lowest BCUT2D eigenvalue weighted by Crippen LogP contribution is -2.53. The summed E-state index contributed by atoms with van der Waals surface area (Å²) in [5.41, 5.74) is 10.3. The molecule has 3 unspecified atom stereocenters. The summed E-state index contributed by atoms with van der Waals surface area (Å²) in [7, 11) is -4.26. The molecule has 3 heterocycles. The van der Waals surface area contributed by atoms with Gasteiger partial charge in [-0.1, -0.05) is 24.1 Å². The molecule has 1 aliphatic rings. The fourth-order valence-corrected chi connectivity index (χ4v) is 5.84. The van der Waals surface area contributed by atoms with Gasteiger partial charge in [-0.15, -0.1) is 5.92 Å². The zero-order valence-corrected chi connectivity index (χ0v) is 23.8. The first kappa shape index (κ1) is 30.3. The van der Waals surface area contributed by atoms with Gasteiger partial charge >= 0.3 is 13.7 Å². The van der Waals surface area contributed by atoms with Gasteiger partial charge in [0.05, 0.1) is 18.1 Å². The Hall–Kier alpha value is -3.70. The van der Waals surface area contributed by atoms with Crippen molar-refractivity contribution < 1.29 is 33.0 Å². The number of ether oxygens (including phenoxy) is 2. The number of nitrogens with two attached hydrogens (primary N) is 2. The van der Waals surface area contributed by atoms with E-state index >= 15 is 0 Å². The van der Waals surface area contributed by atoms with Crippen LogP contribution in [0.4, 0.5) is 5.95 Å². The highest BCUT2D eigenvalue weighted by atomic mass is 31.2. The van der Waals surface area contributed by atoms with Crippen LogP contribution in [0, 0.1) is 11.8 Å². The number of rotatable bonds is 10. The molecule has 0 bridgehead atoms. The van der Waals surface area contributed by atoms with Crippen LogP contribution in [0.2, 0.25) is 0 Å². The molecule has 0 amide bonds. The zero-order chi connectivity index (χ0) is 29.9. The van der Waals surface area contributed by atoms with Crippen LogP contribution in [0.3, 0.4) is 0 Å². The van der Waals surface area contributed by atoms with Crippen LogP contribution in [0.5, 0.6) is 5.75 Å². The Morgan fingerprint density at radius 2 is 2.02 bits per heavy atom. The van der Waals surface area contributed by atoms with Gasteiger partial charge in [0.2, 0.25) is 5.95 Å². The van der Waals surface area contributed by atoms with Crippen molar-refractivity contribution in [2.75, 3.05) is 12.3 Å². The molecule has 1 aliphatic heterocycles. The van der Waals surface area contributed by atoms with Crippen LogP contribution in [0.1, 0.15) is 33.9 Å². The van der Waals surface area contributed by atoms with Crippen molar-refractivity contribution in [2.45, 2.75) is 63.8 Å². The van der Waals surface area contributed by atoms with Gasteiger partial charge in [0.1, 0.15) is 24.0 Å². The van der Waals surface area contributed by atoms with Crippen LogP contribution in [0.25, 0.3) is 11.0 Å². The number of benzene rings is 1. The minimum Gasteiger partial charge on any atom is -0.462 e. The number of aromatic nitrogens is 3. The second-order valence-electron chi connectivity index (χ2n) is 9.73. The lowest BCUT2D eigenvalue weighted by molar-refractivity contribution is -0.149. The number of anilines is 1. The molecule has 1 saturated heterocycles. The van der Waals surface area contributed by atoms with Crippen LogP contribution in [-0.4, -0.2) is 62.1 Å². The van der Waals surface area contributed by atoms with Crippen LogP contribution in [-0.2, 0) is 23.4 Å².